The lowest BCUT2D eigenvalue weighted by atomic mass is 9.91. The van der Waals surface area contributed by atoms with Crippen LogP contribution in [0.1, 0.15) is 44.7 Å². The fourth-order valence-corrected chi connectivity index (χ4v) is 3.72. The fourth-order valence-electron chi connectivity index (χ4n) is 3.28. The van der Waals surface area contributed by atoms with Crippen LogP contribution in [0.15, 0.2) is 53.7 Å². The Hall–Kier alpha value is -2.04. The van der Waals surface area contributed by atoms with Crippen LogP contribution in [0, 0.1) is 5.41 Å². The quantitative estimate of drug-likeness (QED) is 0.565. The minimum atomic E-state index is -0.215. The first-order chi connectivity index (χ1) is 13.7. The molecule has 1 heterocycles. The predicted molar refractivity (Wildman–Crippen MR) is 118 cm³/mol. The molecule has 6 heteroatoms. The molecule has 0 aliphatic carbocycles. The lowest BCUT2D eigenvalue weighted by molar-refractivity contribution is -0.135. The van der Waals surface area contributed by atoms with Crippen molar-refractivity contribution < 1.29 is 9.63 Å². The van der Waals surface area contributed by atoms with Crippen molar-refractivity contribution in [1.29, 1.82) is 0 Å². The highest BCUT2D eigenvalue weighted by atomic mass is 35.5. The number of rotatable bonds is 6. The van der Waals surface area contributed by atoms with Gasteiger partial charge in [-0.3, -0.25) is 4.79 Å². The Morgan fingerprint density at radius 3 is 2.41 bits per heavy atom. The first-order valence-electron chi connectivity index (χ1n) is 9.72. The van der Waals surface area contributed by atoms with E-state index in [4.69, 9.17) is 28.0 Å². The molecular weight excluding hydrogens is 407 g/mol. The number of hydrogen-bond acceptors (Lipinski definition) is 3. The molecule has 0 radical (unpaired) electrons. The van der Waals surface area contributed by atoms with Crippen LogP contribution in [-0.2, 0) is 16.2 Å². The molecule has 1 unspecified atom stereocenters. The van der Waals surface area contributed by atoms with E-state index in [9.17, 15) is 4.79 Å². The van der Waals surface area contributed by atoms with Gasteiger partial charge in [0.2, 0.25) is 5.91 Å². The Labute approximate surface area is 182 Å². The third-order valence-electron chi connectivity index (χ3n) is 4.70. The molecular formula is C23H26Cl2N2O2. The molecule has 2 aromatic rings. The molecule has 0 saturated carbocycles. The Bertz CT molecular complexity index is 906. The van der Waals surface area contributed by atoms with Gasteiger partial charge >= 0.3 is 0 Å². The van der Waals surface area contributed by atoms with E-state index in [1.54, 1.807) is 0 Å². The van der Waals surface area contributed by atoms with Crippen LogP contribution in [0.3, 0.4) is 0 Å². The average Bonchev–Trinajstić information content (AvgIpc) is 3.10. The SMILES string of the molecule is CC(C)(C)CC(=O)N(Cc1ccccc1Cl)CC1CC(c2ccccc2Cl)=NO1. The van der Waals surface area contributed by atoms with Crippen molar-refractivity contribution in [3.05, 3.63) is 69.7 Å². The van der Waals surface area contributed by atoms with Crippen molar-refractivity contribution >= 4 is 34.8 Å². The van der Waals surface area contributed by atoms with Gasteiger partial charge in [0.05, 0.1) is 12.3 Å². The van der Waals surface area contributed by atoms with E-state index in [1.165, 1.54) is 0 Å². The lowest BCUT2D eigenvalue weighted by Gasteiger charge is -2.28. The van der Waals surface area contributed by atoms with Crippen LogP contribution >= 0.6 is 23.2 Å². The maximum absolute atomic E-state index is 13.0. The van der Waals surface area contributed by atoms with E-state index in [-0.39, 0.29) is 17.4 Å². The summed E-state index contributed by atoms with van der Waals surface area (Å²) in [4.78, 5) is 20.5. The van der Waals surface area contributed by atoms with Gasteiger partial charge in [-0.15, -0.1) is 0 Å². The standard InChI is InChI=1S/C23H26Cl2N2O2/c1-23(2,3)13-22(28)27(14-16-8-4-6-10-19(16)24)15-17-12-21(26-29-17)18-9-5-7-11-20(18)25/h4-11,17H,12-15H2,1-3H3. The van der Waals surface area contributed by atoms with Gasteiger partial charge in [0, 0.05) is 35.0 Å². The summed E-state index contributed by atoms with van der Waals surface area (Å²) in [6.07, 6.45) is 0.834. The largest absolute Gasteiger partial charge is 0.390 e. The van der Waals surface area contributed by atoms with Gasteiger partial charge < -0.3 is 9.74 Å². The van der Waals surface area contributed by atoms with Crippen LogP contribution in [-0.4, -0.2) is 29.2 Å². The molecule has 1 aliphatic heterocycles. The molecule has 0 saturated heterocycles. The second kappa shape index (κ2) is 9.19. The predicted octanol–water partition coefficient (Wildman–Crippen LogP) is 5.95. The topological polar surface area (TPSA) is 41.9 Å². The minimum absolute atomic E-state index is 0.0761. The third-order valence-corrected chi connectivity index (χ3v) is 5.39. The number of benzene rings is 2. The van der Waals surface area contributed by atoms with Crippen molar-refractivity contribution in [3.63, 3.8) is 0 Å². The van der Waals surface area contributed by atoms with Gasteiger partial charge in [0.25, 0.3) is 0 Å². The molecule has 1 aliphatic rings. The van der Waals surface area contributed by atoms with Crippen LogP contribution in [0.5, 0.6) is 0 Å². The van der Waals surface area contributed by atoms with Crippen LogP contribution < -0.4 is 0 Å². The fraction of sp³-hybridized carbons (Fsp3) is 0.391. The van der Waals surface area contributed by atoms with Gasteiger partial charge in [0.15, 0.2) is 6.10 Å². The van der Waals surface area contributed by atoms with E-state index in [0.29, 0.717) is 36.0 Å². The maximum Gasteiger partial charge on any atom is 0.223 e. The lowest BCUT2D eigenvalue weighted by Crippen LogP contribution is -2.39. The van der Waals surface area contributed by atoms with E-state index in [2.05, 4.69) is 25.9 Å². The highest BCUT2D eigenvalue weighted by molar-refractivity contribution is 6.34. The van der Waals surface area contributed by atoms with Gasteiger partial charge in [0.1, 0.15) is 0 Å². The van der Waals surface area contributed by atoms with E-state index in [1.807, 2.05) is 53.4 Å². The summed E-state index contributed by atoms with van der Waals surface area (Å²) >= 11 is 12.6. The molecule has 0 N–H and O–H groups in total. The third kappa shape index (κ3) is 5.97. The number of carbonyl (C=O) groups excluding carboxylic acids is 1. The summed E-state index contributed by atoms with van der Waals surface area (Å²) < 4.78 is 0. The van der Waals surface area contributed by atoms with Crippen LogP contribution in [0.25, 0.3) is 0 Å². The zero-order chi connectivity index (χ0) is 21.0. The molecule has 2 aromatic carbocycles. The number of halogens is 2. The second-order valence-corrected chi connectivity index (χ2v) is 9.37. The monoisotopic (exact) mass is 432 g/mol. The molecule has 3 rings (SSSR count). The van der Waals surface area contributed by atoms with Crippen molar-refractivity contribution in [1.82, 2.24) is 4.90 Å². The number of amides is 1. The molecule has 1 amide bonds. The summed E-state index contributed by atoms with van der Waals surface area (Å²) in [7, 11) is 0. The minimum Gasteiger partial charge on any atom is -0.390 e. The summed E-state index contributed by atoms with van der Waals surface area (Å²) in [5, 5.41) is 5.53. The zero-order valence-corrected chi connectivity index (χ0v) is 18.5. The summed E-state index contributed by atoms with van der Waals surface area (Å²) in [5.74, 6) is 0.0761. The Balaban J connectivity index is 1.73. The highest BCUT2D eigenvalue weighted by Crippen LogP contribution is 2.26. The maximum atomic E-state index is 13.0. The van der Waals surface area contributed by atoms with Gasteiger partial charge in [-0.2, -0.15) is 0 Å². The van der Waals surface area contributed by atoms with Gasteiger partial charge in [-0.1, -0.05) is 85.5 Å². The Kier molecular flexibility index (Phi) is 6.86. The molecule has 0 fully saturated rings. The van der Waals surface area contributed by atoms with Crippen molar-refractivity contribution in [3.8, 4) is 0 Å². The molecule has 4 nitrogen and oxygen atoms in total. The summed E-state index contributed by atoms with van der Waals surface area (Å²) in [5.41, 5.74) is 2.49. The summed E-state index contributed by atoms with van der Waals surface area (Å²) in [6, 6.07) is 15.2. The normalized spacial score (nSPS) is 16.3. The van der Waals surface area contributed by atoms with E-state index in [0.717, 1.165) is 16.8 Å². The Morgan fingerprint density at radius 2 is 1.76 bits per heavy atom. The summed E-state index contributed by atoms with van der Waals surface area (Å²) in [6.45, 7) is 7.06. The number of nitrogens with zero attached hydrogens (tertiary/aromatic N) is 2. The van der Waals surface area contributed by atoms with Crippen LogP contribution in [0.4, 0.5) is 0 Å². The zero-order valence-electron chi connectivity index (χ0n) is 17.0. The Morgan fingerprint density at radius 1 is 1.10 bits per heavy atom. The molecule has 1 atom stereocenters. The number of oxime groups is 1. The van der Waals surface area contributed by atoms with E-state index < -0.39 is 0 Å². The second-order valence-electron chi connectivity index (χ2n) is 8.55. The van der Waals surface area contributed by atoms with Crippen molar-refractivity contribution in [2.45, 2.75) is 46.3 Å². The van der Waals surface area contributed by atoms with Gasteiger partial charge in [-0.25, -0.2) is 0 Å². The van der Waals surface area contributed by atoms with Crippen LogP contribution in [0.2, 0.25) is 10.0 Å². The molecule has 154 valence electrons. The number of hydrogen-bond donors (Lipinski definition) is 0. The first kappa shape index (κ1) is 21.7. The number of carbonyl (C=O) groups is 1. The van der Waals surface area contributed by atoms with Crippen molar-refractivity contribution in [2.75, 3.05) is 6.54 Å². The van der Waals surface area contributed by atoms with E-state index >= 15 is 0 Å². The average molecular weight is 433 g/mol. The van der Waals surface area contributed by atoms with Crippen molar-refractivity contribution in [2.24, 2.45) is 10.6 Å². The van der Waals surface area contributed by atoms with Gasteiger partial charge in [-0.05, 0) is 23.1 Å². The smallest absolute Gasteiger partial charge is 0.223 e. The molecule has 0 bridgehead atoms. The molecule has 29 heavy (non-hydrogen) atoms. The molecule has 0 aromatic heterocycles. The first-order valence-corrected chi connectivity index (χ1v) is 10.5. The molecule has 0 spiro atoms. The highest BCUT2D eigenvalue weighted by Gasteiger charge is 2.29.